The van der Waals surface area contributed by atoms with Crippen LogP contribution >= 0.6 is 23.4 Å². The van der Waals surface area contributed by atoms with Crippen molar-refractivity contribution in [1.29, 1.82) is 0 Å². The second-order valence-corrected chi connectivity index (χ2v) is 6.25. The molecular weight excluding hydrogens is 276 g/mol. The molecule has 3 rings (SSSR count). The average molecular weight is 291 g/mol. The first-order chi connectivity index (χ1) is 9.29. The summed E-state index contributed by atoms with van der Waals surface area (Å²) in [5.41, 5.74) is 1.24. The summed E-state index contributed by atoms with van der Waals surface area (Å²) in [7, 11) is 0. The molecule has 2 nitrogen and oxygen atoms in total. The SMILES string of the molecule is Clc1cccc(Sc2ccc(CNC3CC3)cn2)c1. The third-order valence-electron chi connectivity index (χ3n) is 2.99. The van der Waals surface area contributed by atoms with Gasteiger partial charge in [0.25, 0.3) is 0 Å². The molecule has 1 aliphatic rings. The van der Waals surface area contributed by atoms with E-state index in [0.717, 1.165) is 27.5 Å². The van der Waals surface area contributed by atoms with Gasteiger partial charge in [-0.15, -0.1) is 0 Å². The van der Waals surface area contributed by atoms with Crippen LogP contribution in [0.2, 0.25) is 5.02 Å². The van der Waals surface area contributed by atoms with E-state index in [1.165, 1.54) is 18.4 Å². The fourth-order valence-corrected chi connectivity index (χ4v) is 2.85. The van der Waals surface area contributed by atoms with Gasteiger partial charge in [0.2, 0.25) is 0 Å². The molecule has 1 aromatic carbocycles. The number of halogens is 1. The molecule has 1 saturated carbocycles. The first kappa shape index (κ1) is 13.0. The van der Waals surface area contributed by atoms with Crippen LogP contribution in [0.3, 0.4) is 0 Å². The molecule has 1 N–H and O–H groups in total. The highest BCUT2D eigenvalue weighted by molar-refractivity contribution is 7.99. The van der Waals surface area contributed by atoms with E-state index in [2.05, 4.69) is 22.4 Å². The third kappa shape index (κ3) is 3.96. The lowest BCUT2D eigenvalue weighted by atomic mass is 10.3. The van der Waals surface area contributed by atoms with Crippen molar-refractivity contribution in [3.05, 3.63) is 53.2 Å². The molecule has 0 aliphatic heterocycles. The van der Waals surface area contributed by atoms with E-state index >= 15 is 0 Å². The number of pyridine rings is 1. The van der Waals surface area contributed by atoms with E-state index in [9.17, 15) is 0 Å². The molecule has 0 bridgehead atoms. The zero-order valence-corrected chi connectivity index (χ0v) is 12.0. The first-order valence-electron chi connectivity index (χ1n) is 6.41. The van der Waals surface area contributed by atoms with Crippen molar-refractivity contribution < 1.29 is 0 Å². The van der Waals surface area contributed by atoms with Crippen LogP contribution in [0.4, 0.5) is 0 Å². The van der Waals surface area contributed by atoms with E-state index in [4.69, 9.17) is 11.6 Å². The lowest BCUT2D eigenvalue weighted by Gasteiger charge is -2.04. The zero-order chi connectivity index (χ0) is 13.1. The summed E-state index contributed by atoms with van der Waals surface area (Å²) in [5.74, 6) is 0. The minimum atomic E-state index is 0.737. The smallest absolute Gasteiger partial charge is 0.101 e. The summed E-state index contributed by atoms with van der Waals surface area (Å²) in [6.07, 6.45) is 4.58. The van der Waals surface area contributed by atoms with Crippen molar-refractivity contribution in [3.8, 4) is 0 Å². The van der Waals surface area contributed by atoms with Crippen LogP contribution in [0.5, 0.6) is 0 Å². The predicted molar refractivity (Wildman–Crippen MR) is 79.7 cm³/mol. The maximum absolute atomic E-state index is 5.97. The molecule has 19 heavy (non-hydrogen) atoms. The molecule has 0 saturated heterocycles. The molecule has 0 radical (unpaired) electrons. The monoisotopic (exact) mass is 290 g/mol. The number of nitrogens with zero attached hydrogens (tertiary/aromatic N) is 1. The summed E-state index contributed by atoms with van der Waals surface area (Å²) in [4.78, 5) is 5.60. The number of nitrogens with one attached hydrogen (secondary N) is 1. The van der Waals surface area contributed by atoms with E-state index in [1.54, 1.807) is 11.8 Å². The van der Waals surface area contributed by atoms with Crippen molar-refractivity contribution in [2.24, 2.45) is 0 Å². The van der Waals surface area contributed by atoms with Gasteiger partial charge in [-0.2, -0.15) is 0 Å². The van der Waals surface area contributed by atoms with Gasteiger partial charge in [0, 0.05) is 28.7 Å². The Morgan fingerprint density at radius 2 is 2.16 bits per heavy atom. The predicted octanol–water partition coefficient (Wildman–Crippen LogP) is 4.14. The first-order valence-corrected chi connectivity index (χ1v) is 7.61. The van der Waals surface area contributed by atoms with E-state index in [1.807, 2.05) is 30.5 Å². The van der Waals surface area contributed by atoms with Crippen molar-refractivity contribution in [2.45, 2.75) is 35.3 Å². The molecule has 1 fully saturated rings. The van der Waals surface area contributed by atoms with Crippen molar-refractivity contribution in [1.82, 2.24) is 10.3 Å². The molecule has 2 aromatic rings. The number of aromatic nitrogens is 1. The highest BCUT2D eigenvalue weighted by atomic mass is 35.5. The van der Waals surface area contributed by atoms with Gasteiger partial charge < -0.3 is 5.32 Å². The van der Waals surface area contributed by atoms with Gasteiger partial charge in [0.05, 0.1) is 0 Å². The quantitative estimate of drug-likeness (QED) is 0.896. The van der Waals surface area contributed by atoms with Crippen LogP contribution in [0, 0.1) is 0 Å². The molecule has 1 aromatic heterocycles. The second kappa shape index (κ2) is 5.95. The van der Waals surface area contributed by atoms with Crippen molar-refractivity contribution in [3.63, 3.8) is 0 Å². The largest absolute Gasteiger partial charge is 0.310 e. The Balaban J connectivity index is 1.61. The molecule has 1 aliphatic carbocycles. The normalized spacial score (nSPS) is 14.6. The van der Waals surface area contributed by atoms with Crippen LogP contribution in [-0.2, 0) is 6.54 Å². The minimum Gasteiger partial charge on any atom is -0.310 e. The van der Waals surface area contributed by atoms with Crippen molar-refractivity contribution in [2.75, 3.05) is 0 Å². The Hall–Kier alpha value is -1.03. The number of hydrogen-bond acceptors (Lipinski definition) is 3. The molecule has 1 heterocycles. The standard InChI is InChI=1S/C15H15ClN2S/c16-12-2-1-3-14(8-12)19-15-7-4-11(10-18-15)9-17-13-5-6-13/h1-4,7-8,10,13,17H,5-6,9H2. The highest BCUT2D eigenvalue weighted by Gasteiger charge is 2.19. The van der Waals surface area contributed by atoms with Gasteiger partial charge in [0.1, 0.15) is 5.03 Å². The van der Waals surface area contributed by atoms with Gasteiger partial charge >= 0.3 is 0 Å². The molecular formula is C15H15ClN2S. The topological polar surface area (TPSA) is 24.9 Å². The highest BCUT2D eigenvalue weighted by Crippen LogP contribution is 2.28. The summed E-state index contributed by atoms with van der Waals surface area (Å²) in [6, 6.07) is 12.8. The van der Waals surface area contributed by atoms with Crippen LogP contribution in [-0.4, -0.2) is 11.0 Å². The summed E-state index contributed by atoms with van der Waals surface area (Å²) < 4.78 is 0. The van der Waals surface area contributed by atoms with Gasteiger partial charge in [-0.25, -0.2) is 4.98 Å². The maximum Gasteiger partial charge on any atom is 0.101 e. The minimum absolute atomic E-state index is 0.737. The van der Waals surface area contributed by atoms with Crippen LogP contribution in [0.1, 0.15) is 18.4 Å². The van der Waals surface area contributed by atoms with Crippen molar-refractivity contribution >= 4 is 23.4 Å². The van der Waals surface area contributed by atoms with E-state index in [-0.39, 0.29) is 0 Å². The van der Waals surface area contributed by atoms with Gasteiger partial charge in [-0.1, -0.05) is 35.5 Å². The second-order valence-electron chi connectivity index (χ2n) is 4.72. The number of benzene rings is 1. The Kier molecular flexibility index (Phi) is 4.06. The summed E-state index contributed by atoms with van der Waals surface area (Å²) in [5, 5.41) is 5.24. The zero-order valence-electron chi connectivity index (χ0n) is 10.5. The Bertz CT molecular complexity index is 552. The molecule has 0 amide bonds. The van der Waals surface area contributed by atoms with Crippen LogP contribution in [0.25, 0.3) is 0 Å². The van der Waals surface area contributed by atoms with Crippen LogP contribution < -0.4 is 5.32 Å². The van der Waals surface area contributed by atoms with Crippen LogP contribution in [0.15, 0.2) is 52.5 Å². The molecule has 0 spiro atoms. The molecule has 98 valence electrons. The Morgan fingerprint density at radius 1 is 1.26 bits per heavy atom. The molecule has 4 heteroatoms. The maximum atomic E-state index is 5.97. The van der Waals surface area contributed by atoms with Gasteiger partial charge in [0.15, 0.2) is 0 Å². The Labute approximate surface area is 122 Å². The van der Waals surface area contributed by atoms with Gasteiger partial charge in [-0.05, 0) is 42.7 Å². The fourth-order valence-electron chi connectivity index (χ4n) is 1.78. The van der Waals surface area contributed by atoms with E-state index < -0.39 is 0 Å². The fraction of sp³-hybridized carbons (Fsp3) is 0.267. The summed E-state index contributed by atoms with van der Waals surface area (Å²) >= 11 is 7.60. The summed E-state index contributed by atoms with van der Waals surface area (Å²) in [6.45, 7) is 0.916. The molecule has 0 unspecified atom stereocenters. The van der Waals surface area contributed by atoms with Gasteiger partial charge in [-0.3, -0.25) is 0 Å². The average Bonchev–Trinajstić information content (AvgIpc) is 3.22. The lowest BCUT2D eigenvalue weighted by Crippen LogP contribution is -2.15. The molecule has 0 atom stereocenters. The lowest BCUT2D eigenvalue weighted by molar-refractivity contribution is 0.685. The van der Waals surface area contributed by atoms with E-state index in [0.29, 0.717) is 0 Å². The third-order valence-corrected chi connectivity index (χ3v) is 4.16. The number of hydrogen-bond donors (Lipinski definition) is 1. The Morgan fingerprint density at radius 3 is 2.84 bits per heavy atom. The number of rotatable bonds is 5.